The Kier molecular flexibility index (Phi) is 6.02. The Morgan fingerprint density at radius 2 is 1.81 bits per heavy atom. The third-order valence-electron chi connectivity index (χ3n) is 5.08. The van der Waals surface area contributed by atoms with Gasteiger partial charge in [0.1, 0.15) is 0 Å². The van der Waals surface area contributed by atoms with Gasteiger partial charge < -0.3 is 24.3 Å². The van der Waals surface area contributed by atoms with E-state index >= 15 is 0 Å². The van der Waals surface area contributed by atoms with Gasteiger partial charge in [-0.3, -0.25) is 9.69 Å². The average molecular weight is 397 g/mol. The van der Waals surface area contributed by atoms with Gasteiger partial charge in [0.05, 0.1) is 49.7 Å². The summed E-state index contributed by atoms with van der Waals surface area (Å²) in [6.45, 7) is 3.55. The predicted molar refractivity (Wildman–Crippen MR) is 101 cm³/mol. The first-order chi connectivity index (χ1) is 13.2. The largest absolute Gasteiger partial charge is 0.490 e. The molecule has 0 aliphatic carbocycles. The molecule has 1 aromatic carbocycles. The zero-order chi connectivity index (χ0) is 18.6. The molecule has 8 heteroatoms. The van der Waals surface area contributed by atoms with E-state index in [4.69, 9.17) is 30.5 Å². The summed E-state index contributed by atoms with van der Waals surface area (Å²) < 4.78 is 22.6. The smallest absolute Gasteiger partial charge is 0.238 e. The average Bonchev–Trinajstić information content (AvgIpc) is 3.10. The normalized spacial score (nSPS) is 23.8. The third kappa shape index (κ3) is 4.48. The summed E-state index contributed by atoms with van der Waals surface area (Å²) in [6.07, 6.45) is 3.75. The maximum absolute atomic E-state index is 12.7. The number of hydrogen-bond donors (Lipinski definition) is 1. The SMILES string of the molecule is O=C(CN1CCCCC1C1OCCO1)Nc1cc2c(cc1Cl)OCCCO2. The van der Waals surface area contributed by atoms with Gasteiger partial charge in [-0.2, -0.15) is 0 Å². The molecule has 1 unspecified atom stereocenters. The summed E-state index contributed by atoms with van der Waals surface area (Å²) in [4.78, 5) is 14.8. The summed E-state index contributed by atoms with van der Waals surface area (Å²) in [5.74, 6) is 1.11. The second-order valence-electron chi connectivity index (χ2n) is 7.02. The first-order valence-electron chi connectivity index (χ1n) is 9.57. The van der Waals surface area contributed by atoms with E-state index in [1.807, 2.05) is 0 Å². The summed E-state index contributed by atoms with van der Waals surface area (Å²) in [7, 11) is 0. The van der Waals surface area contributed by atoms with Crippen LogP contribution in [0.1, 0.15) is 25.7 Å². The van der Waals surface area contributed by atoms with Gasteiger partial charge in [-0.05, 0) is 19.4 Å². The van der Waals surface area contributed by atoms with Crippen LogP contribution in [0.2, 0.25) is 5.02 Å². The van der Waals surface area contributed by atoms with E-state index in [0.29, 0.717) is 48.6 Å². The van der Waals surface area contributed by atoms with Crippen LogP contribution in [0.25, 0.3) is 0 Å². The zero-order valence-electron chi connectivity index (χ0n) is 15.2. The molecule has 0 spiro atoms. The van der Waals surface area contributed by atoms with Gasteiger partial charge in [-0.15, -0.1) is 0 Å². The number of nitrogens with zero attached hydrogens (tertiary/aromatic N) is 1. The van der Waals surface area contributed by atoms with Gasteiger partial charge in [0, 0.05) is 18.6 Å². The van der Waals surface area contributed by atoms with Gasteiger partial charge >= 0.3 is 0 Å². The van der Waals surface area contributed by atoms with Gasteiger partial charge in [-0.25, -0.2) is 0 Å². The molecule has 0 saturated carbocycles. The minimum atomic E-state index is -0.236. The molecular weight excluding hydrogens is 372 g/mol. The van der Waals surface area contributed by atoms with Crippen molar-refractivity contribution in [2.75, 3.05) is 44.8 Å². The molecule has 0 bridgehead atoms. The van der Waals surface area contributed by atoms with Crippen LogP contribution >= 0.6 is 11.6 Å². The first-order valence-corrected chi connectivity index (χ1v) is 9.95. The van der Waals surface area contributed by atoms with Crippen LogP contribution in [-0.4, -0.2) is 62.7 Å². The molecule has 7 nitrogen and oxygen atoms in total. The molecular formula is C19H25ClN2O5. The topological polar surface area (TPSA) is 69.3 Å². The minimum Gasteiger partial charge on any atom is -0.490 e. The highest BCUT2D eigenvalue weighted by Crippen LogP contribution is 2.37. The molecule has 1 N–H and O–H groups in total. The highest BCUT2D eigenvalue weighted by molar-refractivity contribution is 6.34. The van der Waals surface area contributed by atoms with Gasteiger partial charge in [0.25, 0.3) is 0 Å². The number of halogens is 1. The summed E-state index contributed by atoms with van der Waals surface area (Å²) in [6, 6.07) is 3.55. The van der Waals surface area contributed by atoms with Gasteiger partial charge in [0.15, 0.2) is 17.8 Å². The van der Waals surface area contributed by atoms with Crippen molar-refractivity contribution in [1.29, 1.82) is 0 Å². The van der Waals surface area contributed by atoms with Crippen LogP contribution in [0.5, 0.6) is 11.5 Å². The number of nitrogens with one attached hydrogen (secondary N) is 1. The van der Waals surface area contributed by atoms with Crippen molar-refractivity contribution in [3.05, 3.63) is 17.2 Å². The van der Waals surface area contributed by atoms with E-state index in [9.17, 15) is 4.79 Å². The van der Waals surface area contributed by atoms with Crippen molar-refractivity contribution in [2.45, 2.75) is 38.0 Å². The number of likely N-dealkylation sites (tertiary alicyclic amines) is 1. The molecule has 0 radical (unpaired) electrons. The fourth-order valence-corrected chi connectivity index (χ4v) is 3.97. The lowest BCUT2D eigenvalue weighted by atomic mass is 10.0. The maximum Gasteiger partial charge on any atom is 0.238 e. The number of carbonyl (C=O) groups is 1. The molecule has 27 heavy (non-hydrogen) atoms. The van der Waals surface area contributed by atoms with Crippen molar-refractivity contribution in [3.8, 4) is 11.5 Å². The van der Waals surface area contributed by atoms with Crippen molar-refractivity contribution >= 4 is 23.2 Å². The Morgan fingerprint density at radius 3 is 2.59 bits per heavy atom. The first kappa shape index (κ1) is 18.8. The van der Waals surface area contributed by atoms with E-state index in [1.165, 1.54) is 0 Å². The maximum atomic E-state index is 12.7. The van der Waals surface area contributed by atoms with Gasteiger partial charge in [0.2, 0.25) is 5.91 Å². The number of benzene rings is 1. The van der Waals surface area contributed by atoms with Crippen LogP contribution in [-0.2, 0) is 14.3 Å². The molecule has 1 amide bonds. The molecule has 0 aromatic heterocycles. The van der Waals surface area contributed by atoms with Crippen LogP contribution < -0.4 is 14.8 Å². The lowest BCUT2D eigenvalue weighted by Gasteiger charge is -2.37. The summed E-state index contributed by atoms with van der Waals surface area (Å²) >= 11 is 6.33. The Bertz CT molecular complexity index is 680. The van der Waals surface area contributed by atoms with E-state index in [0.717, 1.165) is 32.2 Å². The van der Waals surface area contributed by atoms with E-state index < -0.39 is 0 Å². The van der Waals surface area contributed by atoms with E-state index in [1.54, 1.807) is 12.1 Å². The molecule has 4 rings (SSSR count). The van der Waals surface area contributed by atoms with Crippen molar-refractivity contribution in [1.82, 2.24) is 4.90 Å². The van der Waals surface area contributed by atoms with Crippen LogP contribution in [0.3, 0.4) is 0 Å². The summed E-state index contributed by atoms with van der Waals surface area (Å²) in [5.41, 5.74) is 0.535. The fourth-order valence-electron chi connectivity index (χ4n) is 3.77. The Morgan fingerprint density at radius 1 is 1.07 bits per heavy atom. The second-order valence-corrected chi connectivity index (χ2v) is 7.43. The number of piperidine rings is 1. The lowest BCUT2D eigenvalue weighted by molar-refractivity contribution is -0.127. The molecule has 2 saturated heterocycles. The predicted octanol–water partition coefficient (Wildman–Crippen LogP) is 2.67. The minimum absolute atomic E-state index is 0.115. The van der Waals surface area contributed by atoms with Crippen molar-refractivity contribution in [3.63, 3.8) is 0 Å². The fraction of sp³-hybridized carbons (Fsp3) is 0.632. The van der Waals surface area contributed by atoms with E-state index in [2.05, 4.69) is 10.2 Å². The molecule has 1 aromatic rings. The number of carbonyl (C=O) groups excluding carboxylic acids is 1. The number of ether oxygens (including phenoxy) is 4. The highest BCUT2D eigenvalue weighted by Gasteiger charge is 2.34. The monoisotopic (exact) mass is 396 g/mol. The highest BCUT2D eigenvalue weighted by atomic mass is 35.5. The quantitative estimate of drug-likeness (QED) is 0.843. The van der Waals surface area contributed by atoms with Crippen LogP contribution in [0, 0.1) is 0 Å². The van der Waals surface area contributed by atoms with Crippen molar-refractivity contribution < 1.29 is 23.7 Å². The third-order valence-corrected chi connectivity index (χ3v) is 5.40. The molecule has 3 aliphatic rings. The molecule has 1 atom stereocenters. The number of hydrogen-bond acceptors (Lipinski definition) is 6. The Labute approximate surface area is 163 Å². The number of amides is 1. The molecule has 3 aliphatic heterocycles. The van der Waals surface area contributed by atoms with E-state index in [-0.39, 0.29) is 24.8 Å². The molecule has 148 valence electrons. The van der Waals surface area contributed by atoms with Crippen LogP contribution in [0.4, 0.5) is 5.69 Å². The second kappa shape index (κ2) is 8.65. The summed E-state index contributed by atoms with van der Waals surface area (Å²) in [5, 5.41) is 3.34. The zero-order valence-corrected chi connectivity index (χ0v) is 16.0. The van der Waals surface area contributed by atoms with Crippen molar-refractivity contribution in [2.24, 2.45) is 0 Å². The molecule has 2 fully saturated rings. The molecule has 3 heterocycles. The lowest BCUT2D eigenvalue weighted by Crippen LogP contribution is -2.50. The number of rotatable bonds is 4. The van der Waals surface area contributed by atoms with Gasteiger partial charge in [-0.1, -0.05) is 18.0 Å². The number of fused-ring (bicyclic) bond motifs is 1. The number of anilines is 1. The Hall–Kier alpha value is -1.54. The van der Waals surface area contributed by atoms with Crippen LogP contribution in [0.15, 0.2) is 12.1 Å². The Balaban J connectivity index is 1.42. The standard InChI is InChI=1S/C19H25ClN2O5/c20-13-10-16-17(25-7-3-6-24-16)11-14(13)21-18(23)12-22-5-2-1-4-15(22)19-26-8-9-27-19/h10-11,15,19H,1-9,12H2,(H,21,23).